The molecule has 0 fully saturated rings. The van der Waals surface area contributed by atoms with Gasteiger partial charge in [-0.15, -0.1) is 5.10 Å². The number of rotatable bonds is 6. The van der Waals surface area contributed by atoms with E-state index >= 15 is 0 Å². The number of hydrogen-bond donors (Lipinski definition) is 0. The summed E-state index contributed by atoms with van der Waals surface area (Å²) in [5.41, 5.74) is 1.92. The van der Waals surface area contributed by atoms with E-state index in [1.807, 2.05) is 33.8 Å². The van der Waals surface area contributed by atoms with Crippen LogP contribution in [-0.4, -0.2) is 36.3 Å². The first-order chi connectivity index (χ1) is 11.1. The van der Waals surface area contributed by atoms with Crippen molar-refractivity contribution >= 4 is 17.5 Å². The Morgan fingerprint density at radius 1 is 1.30 bits per heavy atom. The van der Waals surface area contributed by atoms with Crippen molar-refractivity contribution in [1.29, 1.82) is 0 Å². The minimum atomic E-state index is -0.175. The maximum Gasteiger partial charge on any atom is 0.253 e. The highest BCUT2D eigenvalue weighted by Crippen LogP contribution is 2.21. The average Bonchev–Trinajstić information content (AvgIpc) is 3.11. The van der Waals surface area contributed by atoms with E-state index in [2.05, 4.69) is 25.2 Å². The lowest BCUT2D eigenvalue weighted by Gasteiger charge is -2.04. The summed E-state index contributed by atoms with van der Waals surface area (Å²) >= 11 is 1.43. The molecule has 1 unspecified atom stereocenters. The molecule has 0 saturated heterocycles. The fourth-order valence-corrected chi connectivity index (χ4v) is 2.81. The van der Waals surface area contributed by atoms with Gasteiger partial charge in [0.05, 0.1) is 5.75 Å². The fraction of sp³-hybridized carbons (Fsp3) is 0.500. The second-order valence-corrected chi connectivity index (χ2v) is 6.02. The van der Waals surface area contributed by atoms with Crippen molar-refractivity contribution in [3.05, 3.63) is 29.2 Å². The van der Waals surface area contributed by atoms with Gasteiger partial charge in [0.1, 0.15) is 6.10 Å². The van der Waals surface area contributed by atoms with Gasteiger partial charge in [-0.2, -0.15) is 9.97 Å². The maximum absolute atomic E-state index is 5.44. The average molecular weight is 334 g/mol. The molecule has 0 amide bonds. The number of aromatic nitrogens is 6. The first kappa shape index (κ1) is 15.9. The van der Waals surface area contributed by atoms with Crippen LogP contribution in [0.2, 0.25) is 0 Å². The Balaban J connectivity index is 1.70. The smallest absolute Gasteiger partial charge is 0.253 e. The van der Waals surface area contributed by atoms with Gasteiger partial charge in [0.25, 0.3) is 5.78 Å². The molecule has 3 rings (SSSR count). The molecule has 0 spiro atoms. The zero-order valence-corrected chi connectivity index (χ0v) is 14.3. The molecule has 1 atom stereocenters. The monoisotopic (exact) mass is 334 g/mol. The minimum absolute atomic E-state index is 0.175. The molecule has 3 heterocycles. The standard InChI is InChI=1S/C14H18N6O2S/c1-5-21-10(4)12-16-11(22-19-12)7-23-14-17-13-15-8(2)6-9(3)20(13)18-14/h6,10H,5,7H2,1-4H3. The van der Waals surface area contributed by atoms with Gasteiger partial charge >= 0.3 is 0 Å². The van der Waals surface area contributed by atoms with Crippen molar-refractivity contribution in [1.82, 2.24) is 29.7 Å². The van der Waals surface area contributed by atoms with Crippen LogP contribution in [0, 0.1) is 13.8 Å². The third-order valence-corrected chi connectivity index (χ3v) is 4.01. The molecule has 0 aliphatic rings. The van der Waals surface area contributed by atoms with Crippen LogP contribution in [0.25, 0.3) is 5.78 Å². The summed E-state index contributed by atoms with van der Waals surface area (Å²) in [6, 6.07) is 1.97. The Kier molecular flexibility index (Phi) is 4.58. The molecule has 23 heavy (non-hydrogen) atoms. The first-order valence-corrected chi connectivity index (χ1v) is 8.33. The third-order valence-electron chi connectivity index (χ3n) is 3.19. The SMILES string of the molecule is CCOC(C)c1noc(CSc2nc3nc(C)cc(C)n3n2)n1. The molecule has 8 nitrogen and oxygen atoms in total. The highest BCUT2D eigenvalue weighted by atomic mass is 32.2. The van der Waals surface area contributed by atoms with Gasteiger partial charge in [0.15, 0.2) is 5.82 Å². The van der Waals surface area contributed by atoms with Crippen LogP contribution in [0.1, 0.15) is 43.1 Å². The zero-order valence-electron chi connectivity index (χ0n) is 13.5. The van der Waals surface area contributed by atoms with Crippen molar-refractivity contribution < 1.29 is 9.26 Å². The number of ether oxygens (including phenoxy) is 1. The molecule has 0 radical (unpaired) electrons. The highest BCUT2D eigenvalue weighted by Gasteiger charge is 2.15. The third kappa shape index (κ3) is 3.50. The molecule has 0 saturated carbocycles. The van der Waals surface area contributed by atoms with E-state index in [0.29, 0.717) is 35.0 Å². The Morgan fingerprint density at radius 2 is 2.13 bits per heavy atom. The molecule has 3 aromatic heterocycles. The lowest BCUT2D eigenvalue weighted by Crippen LogP contribution is -2.01. The highest BCUT2D eigenvalue weighted by molar-refractivity contribution is 7.98. The summed E-state index contributed by atoms with van der Waals surface area (Å²) in [5, 5.41) is 8.99. The van der Waals surface area contributed by atoms with Crippen LogP contribution in [0.15, 0.2) is 15.7 Å². The molecular weight excluding hydrogens is 316 g/mol. The van der Waals surface area contributed by atoms with E-state index in [1.165, 1.54) is 11.8 Å². The summed E-state index contributed by atoms with van der Waals surface area (Å²) in [6.07, 6.45) is -0.175. The van der Waals surface area contributed by atoms with E-state index in [0.717, 1.165) is 11.4 Å². The Hall–Kier alpha value is -2.00. The van der Waals surface area contributed by atoms with Crippen LogP contribution < -0.4 is 0 Å². The molecule has 0 bridgehead atoms. The Morgan fingerprint density at radius 3 is 2.91 bits per heavy atom. The van der Waals surface area contributed by atoms with Gasteiger partial charge in [-0.25, -0.2) is 9.50 Å². The second kappa shape index (κ2) is 6.63. The quantitative estimate of drug-likeness (QED) is 0.635. The van der Waals surface area contributed by atoms with Crippen molar-refractivity contribution in [2.45, 2.75) is 44.7 Å². The molecule has 122 valence electrons. The Bertz CT molecular complexity index is 815. The van der Waals surface area contributed by atoms with Crippen LogP contribution >= 0.6 is 11.8 Å². The van der Waals surface area contributed by atoms with Crippen LogP contribution in [0.4, 0.5) is 0 Å². The number of nitrogens with zero attached hydrogens (tertiary/aromatic N) is 6. The second-order valence-electron chi connectivity index (χ2n) is 5.08. The largest absolute Gasteiger partial charge is 0.371 e. The molecule has 3 aromatic rings. The molecule has 0 N–H and O–H groups in total. The predicted molar refractivity (Wildman–Crippen MR) is 84.2 cm³/mol. The van der Waals surface area contributed by atoms with Crippen LogP contribution in [0.5, 0.6) is 0 Å². The summed E-state index contributed by atoms with van der Waals surface area (Å²) < 4.78 is 12.4. The lowest BCUT2D eigenvalue weighted by atomic mass is 10.4. The summed E-state index contributed by atoms with van der Waals surface area (Å²) in [4.78, 5) is 13.1. The van der Waals surface area contributed by atoms with Gasteiger partial charge < -0.3 is 9.26 Å². The van der Waals surface area contributed by atoms with Gasteiger partial charge in [-0.05, 0) is 33.8 Å². The van der Waals surface area contributed by atoms with E-state index < -0.39 is 0 Å². The van der Waals surface area contributed by atoms with E-state index in [1.54, 1.807) is 4.52 Å². The van der Waals surface area contributed by atoms with Crippen LogP contribution in [0.3, 0.4) is 0 Å². The molecule has 0 aliphatic heterocycles. The first-order valence-electron chi connectivity index (χ1n) is 7.34. The minimum Gasteiger partial charge on any atom is -0.371 e. The normalized spacial score (nSPS) is 12.9. The van der Waals surface area contributed by atoms with E-state index in [4.69, 9.17) is 9.26 Å². The van der Waals surface area contributed by atoms with Gasteiger partial charge in [-0.3, -0.25) is 0 Å². The van der Waals surface area contributed by atoms with E-state index in [9.17, 15) is 0 Å². The fourth-order valence-electron chi connectivity index (χ4n) is 2.15. The number of fused-ring (bicyclic) bond motifs is 1. The predicted octanol–water partition coefficient (Wildman–Crippen LogP) is 2.51. The van der Waals surface area contributed by atoms with Crippen molar-refractivity contribution in [2.24, 2.45) is 0 Å². The summed E-state index contributed by atoms with van der Waals surface area (Å²) in [7, 11) is 0. The summed E-state index contributed by atoms with van der Waals surface area (Å²) in [6.45, 7) is 8.35. The molecule has 9 heteroatoms. The van der Waals surface area contributed by atoms with Gasteiger partial charge in [-0.1, -0.05) is 16.9 Å². The van der Waals surface area contributed by atoms with Gasteiger partial charge in [0.2, 0.25) is 11.0 Å². The number of thioether (sulfide) groups is 1. The maximum atomic E-state index is 5.44. The topological polar surface area (TPSA) is 91.2 Å². The number of aryl methyl sites for hydroxylation is 2. The van der Waals surface area contributed by atoms with Crippen molar-refractivity contribution in [3.8, 4) is 0 Å². The molecule has 0 aromatic carbocycles. The zero-order chi connectivity index (χ0) is 16.4. The molecular formula is C14H18N6O2S. The molecule has 0 aliphatic carbocycles. The number of hydrogen-bond acceptors (Lipinski definition) is 8. The van der Waals surface area contributed by atoms with Gasteiger partial charge in [0, 0.05) is 18.0 Å². The van der Waals surface area contributed by atoms with Crippen molar-refractivity contribution in [2.75, 3.05) is 6.61 Å². The lowest BCUT2D eigenvalue weighted by molar-refractivity contribution is 0.0683. The Labute approximate surface area is 137 Å². The summed E-state index contributed by atoms with van der Waals surface area (Å²) in [5.74, 6) is 2.18. The van der Waals surface area contributed by atoms with E-state index in [-0.39, 0.29) is 6.10 Å². The van der Waals surface area contributed by atoms with Crippen molar-refractivity contribution in [3.63, 3.8) is 0 Å². The van der Waals surface area contributed by atoms with Crippen LogP contribution in [-0.2, 0) is 10.5 Å².